The Hall–Kier alpha value is -0.200. The highest BCUT2D eigenvalue weighted by molar-refractivity contribution is 9.11. The number of carbonyl (C=O) groups is 1. The van der Waals surface area contributed by atoms with Crippen LogP contribution in [0.5, 0.6) is 0 Å². The lowest BCUT2D eigenvalue weighted by molar-refractivity contribution is -0.115. The first-order valence-electron chi connectivity index (χ1n) is 3.62. The molecule has 1 unspecified atom stereocenters. The summed E-state index contributed by atoms with van der Waals surface area (Å²) < 4.78 is 13.1. The lowest BCUT2D eigenvalue weighted by Crippen LogP contribution is -2.19. The molecule has 6 heteroatoms. The van der Waals surface area contributed by atoms with Crippen molar-refractivity contribution in [3.8, 4) is 0 Å². The topological polar surface area (TPSA) is 60.2 Å². The molecule has 1 rings (SSSR count). The zero-order valence-electron chi connectivity index (χ0n) is 7.00. The third-order valence-corrected chi connectivity index (χ3v) is 4.22. The van der Waals surface area contributed by atoms with Crippen LogP contribution in [0.25, 0.3) is 0 Å². The molecule has 76 valence electrons. The van der Waals surface area contributed by atoms with E-state index in [2.05, 4.69) is 31.9 Å². The van der Waals surface area contributed by atoms with Crippen molar-refractivity contribution in [2.24, 2.45) is 5.73 Å². The number of halogens is 2. The third-order valence-electron chi connectivity index (χ3n) is 1.41. The van der Waals surface area contributed by atoms with Crippen LogP contribution in [0.15, 0.2) is 32.0 Å². The van der Waals surface area contributed by atoms with Crippen LogP contribution in [0, 0.1) is 0 Å². The summed E-state index contributed by atoms with van der Waals surface area (Å²) in [5.41, 5.74) is 4.95. The number of rotatable bonds is 3. The molecule has 1 amide bonds. The zero-order chi connectivity index (χ0) is 10.7. The molecule has 0 aliphatic heterocycles. The maximum Gasteiger partial charge on any atom is 0.230 e. The lowest BCUT2D eigenvalue weighted by atomic mass is 10.4. The van der Waals surface area contributed by atoms with Crippen molar-refractivity contribution in [3.63, 3.8) is 0 Å². The summed E-state index contributed by atoms with van der Waals surface area (Å²) >= 11 is 6.54. The van der Waals surface area contributed by atoms with Gasteiger partial charge in [0.05, 0.1) is 15.7 Å². The van der Waals surface area contributed by atoms with Crippen molar-refractivity contribution in [1.82, 2.24) is 0 Å². The molecule has 2 N–H and O–H groups in total. The Kier molecular flexibility index (Phi) is 4.28. The first-order chi connectivity index (χ1) is 6.50. The van der Waals surface area contributed by atoms with Crippen LogP contribution in [0.4, 0.5) is 0 Å². The van der Waals surface area contributed by atoms with Crippen molar-refractivity contribution < 1.29 is 9.00 Å². The molecule has 0 aliphatic carbocycles. The molecule has 1 aromatic rings. The molecular weight excluding hydrogens is 334 g/mol. The Morgan fingerprint density at radius 1 is 1.43 bits per heavy atom. The maximum absolute atomic E-state index is 11.6. The van der Waals surface area contributed by atoms with Crippen molar-refractivity contribution >= 4 is 48.6 Å². The minimum atomic E-state index is -1.38. The predicted molar refractivity (Wildman–Crippen MR) is 62.3 cm³/mol. The fraction of sp³-hybridized carbons (Fsp3) is 0.125. The van der Waals surface area contributed by atoms with E-state index in [1.807, 2.05) is 0 Å². The summed E-state index contributed by atoms with van der Waals surface area (Å²) in [7, 11) is -1.38. The van der Waals surface area contributed by atoms with Gasteiger partial charge in [-0.1, -0.05) is 15.9 Å². The van der Waals surface area contributed by atoms with E-state index < -0.39 is 16.7 Å². The predicted octanol–water partition coefficient (Wildman–Crippen LogP) is 1.80. The highest BCUT2D eigenvalue weighted by Gasteiger charge is 2.10. The molecule has 14 heavy (non-hydrogen) atoms. The van der Waals surface area contributed by atoms with E-state index >= 15 is 0 Å². The summed E-state index contributed by atoms with van der Waals surface area (Å²) in [5.74, 6) is -0.724. The van der Waals surface area contributed by atoms with Gasteiger partial charge in [0.2, 0.25) is 5.91 Å². The van der Waals surface area contributed by atoms with E-state index in [0.29, 0.717) is 9.37 Å². The van der Waals surface area contributed by atoms with Gasteiger partial charge in [0.25, 0.3) is 0 Å². The number of carbonyl (C=O) groups excluding carboxylic acids is 1. The molecule has 0 radical (unpaired) electrons. The van der Waals surface area contributed by atoms with Crippen molar-refractivity contribution in [2.45, 2.75) is 4.90 Å². The molecule has 0 aliphatic rings. The molecule has 1 aromatic carbocycles. The molecule has 1 atom stereocenters. The number of hydrogen-bond acceptors (Lipinski definition) is 2. The number of hydrogen-bond donors (Lipinski definition) is 1. The van der Waals surface area contributed by atoms with E-state index in [9.17, 15) is 9.00 Å². The van der Waals surface area contributed by atoms with E-state index in [-0.39, 0.29) is 5.75 Å². The summed E-state index contributed by atoms with van der Waals surface area (Å²) in [6, 6.07) is 5.22. The molecule has 0 spiro atoms. The Morgan fingerprint density at radius 3 is 2.57 bits per heavy atom. The standard InChI is InChI=1S/C8H7Br2NO2S/c9-5-1-2-7(6(10)3-5)14(13)4-8(11)12/h1-3H,4H2,(H2,11,12). The van der Waals surface area contributed by atoms with Gasteiger partial charge in [-0.05, 0) is 34.1 Å². The van der Waals surface area contributed by atoms with E-state index in [4.69, 9.17) is 5.73 Å². The molecule has 0 aromatic heterocycles. The van der Waals surface area contributed by atoms with Gasteiger partial charge < -0.3 is 5.73 Å². The molecule has 0 saturated carbocycles. The average Bonchev–Trinajstić information content (AvgIpc) is 2.01. The lowest BCUT2D eigenvalue weighted by Gasteiger charge is -2.03. The van der Waals surface area contributed by atoms with Gasteiger partial charge >= 0.3 is 0 Å². The Labute approximate surface area is 101 Å². The van der Waals surface area contributed by atoms with Crippen LogP contribution in [-0.4, -0.2) is 15.9 Å². The number of primary amides is 1. The second kappa shape index (κ2) is 5.04. The van der Waals surface area contributed by atoms with Crippen molar-refractivity contribution in [3.05, 3.63) is 27.1 Å². The summed E-state index contributed by atoms with van der Waals surface area (Å²) in [6.07, 6.45) is 0. The van der Waals surface area contributed by atoms with Crippen LogP contribution in [0.1, 0.15) is 0 Å². The van der Waals surface area contributed by atoms with Crippen molar-refractivity contribution in [2.75, 3.05) is 5.75 Å². The third kappa shape index (κ3) is 3.18. The molecule has 0 bridgehead atoms. The van der Waals surface area contributed by atoms with Gasteiger partial charge in [0, 0.05) is 8.95 Å². The van der Waals surface area contributed by atoms with Gasteiger partial charge in [-0.15, -0.1) is 0 Å². The Morgan fingerprint density at radius 2 is 2.07 bits per heavy atom. The zero-order valence-corrected chi connectivity index (χ0v) is 11.0. The van der Waals surface area contributed by atoms with E-state index in [1.165, 1.54) is 0 Å². The van der Waals surface area contributed by atoms with E-state index in [1.54, 1.807) is 18.2 Å². The summed E-state index contributed by atoms with van der Waals surface area (Å²) in [4.78, 5) is 11.1. The fourth-order valence-electron chi connectivity index (χ4n) is 0.867. The monoisotopic (exact) mass is 339 g/mol. The Bertz CT molecular complexity index is 395. The van der Waals surface area contributed by atoms with Crippen LogP contribution in [0.2, 0.25) is 0 Å². The number of benzene rings is 1. The first kappa shape index (κ1) is 11.9. The Balaban J connectivity index is 2.96. The summed E-state index contributed by atoms with van der Waals surface area (Å²) in [6.45, 7) is 0. The molecule has 0 fully saturated rings. The normalized spacial score (nSPS) is 12.4. The molecular formula is C8H7Br2NO2S. The fourth-order valence-corrected chi connectivity index (χ4v) is 3.37. The SMILES string of the molecule is NC(=O)CS(=O)c1ccc(Br)cc1Br. The molecule has 3 nitrogen and oxygen atoms in total. The van der Waals surface area contributed by atoms with Gasteiger partial charge in [-0.3, -0.25) is 9.00 Å². The highest BCUT2D eigenvalue weighted by atomic mass is 79.9. The minimum absolute atomic E-state index is 0.153. The number of nitrogens with two attached hydrogens (primary N) is 1. The van der Waals surface area contributed by atoms with Crippen molar-refractivity contribution in [1.29, 1.82) is 0 Å². The van der Waals surface area contributed by atoms with Crippen LogP contribution in [-0.2, 0) is 15.6 Å². The second-order valence-electron chi connectivity index (χ2n) is 2.53. The minimum Gasteiger partial charge on any atom is -0.369 e. The largest absolute Gasteiger partial charge is 0.369 e. The second-order valence-corrected chi connectivity index (χ2v) is 5.72. The average molecular weight is 341 g/mol. The van der Waals surface area contributed by atoms with Crippen LogP contribution < -0.4 is 5.73 Å². The molecule has 0 saturated heterocycles. The van der Waals surface area contributed by atoms with Crippen LogP contribution in [0.3, 0.4) is 0 Å². The maximum atomic E-state index is 11.6. The van der Waals surface area contributed by atoms with Gasteiger partial charge in [-0.25, -0.2) is 0 Å². The first-order valence-corrected chi connectivity index (χ1v) is 6.53. The van der Waals surface area contributed by atoms with Gasteiger partial charge in [-0.2, -0.15) is 0 Å². The van der Waals surface area contributed by atoms with E-state index in [0.717, 1.165) is 4.47 Å². The molecule has 0 heterocycles. The smallest absolute Gasteiger partial charge is 0.230 e. The summed E-state index contributed by atoms with van der Waals surface area (Å²) in [5, 5.41) is 0. The number of amides is 1. The van der Waals surface area contributed by atoms with Gasteiger partial charge in [0.1, 0.15) is 5.75 Å². The highest BCUT2D eigenvalue weighted by Crippen LogP contribution is 2.24. The van der Waals surface area contributed by atoms with Crippen LogP contribution >= 0.6 is 31.9 Å². The van der Waals surface area contributed by atoms with Gasteiger partial charge in [0.15, 0.2) is 0 Å². The quantitative estimate of drug-likeness (QED) is 0.912.